The molecule has 428 valence electrons. The van der Waals surface area contributed by atoms with Gasteiger partial charge in [0.05, 0.1) is 122 Å². The number of carbonyl (C=O) groups excluding carboxylic acids is 7. The second kappa shape index (κ2) is 36.7. The summed E-state index contributed by atoms with van der Waals surface area (Å²) < 4.78 is 46.5. The highest BCUT2D eigenvalue weighted by atomic mass is 32.1. The van der Waals surface area contributed by atoms with Gasteiger partial charge in [0.15, 0.2) is 0 Å². The summed E-state index contributed by atoms with van der Waals surface area (Å²) in [6.07, 6.45) is 5.51. The van der Waals surface area contributed by atoms with Crippen molar-refractivity contribution in [3.05, 3.63) is 53.0 Å². The molecule has 1 saturated heterocycles. The fourth-order valence-corrected chi connectivity index (χ4v) is 9.33. The van der Waals surface area contributed by atoms with Crippen LogP contribution in [0.5, 0.6) is 0 Å². The Labute approximate surface area is 455 Å². The minimum atomic E-state index is -0.709. The Hall–Kier alpha value is -5.37. The number of nitrogens with zero attached hydrogens (tertiary/aromatic N) is 3. The normalized spacial score (nSPS) is 15.5. The molecule has 5 rings (SSSR count). The summed E-state index contributed by atoms with van der Waals surface area (Å²) in [4.78, 5) is 93.6. The van der Waals surface area contributed by atoms with E-state index in [4.69, 9.17) is 42.7 Å². The average Bonchev–Trinajstić information content (AvgIpc) is 4.18. The number of anilines is 1. The summed E-state index contributed by atoms with van der Waals surface area (Å²) in [6.45, 7) is 11.6. The van der Waals surface area contributed by atoms with Gasteiger partial charge in [-0.1, -0.05) is 18.6 Å². The van der Waals surface area contributed by atoms with Crippen LogP contribution in [-0.2, 0) is 78.0 Å². The highest BCUT2D eigenvalue weighted by Gasteiger charge is 2.33. The molecule has 23 heteroatoms. The lowest BCUT2D eigenvalue weighted by Crippen LogP contribution is -2.42. The maximum absolute atomic E-state index is 13.7. The number of hydroxylamine groups is 2. The van der Waals surface area contributed by atoms with E-state index in [1.165, 1.54) is 11.3 Å². The Morgan fingerprint density at radius 2 is 1.22 bits per heavy atom. The van der Waals surface area contributed by atoms with Gasteiger partial charge in [-0.15, -0.1) is 16.4 Å². The fourth-order valence-electron chi connectivity index (χ4n) is 8.51. The first kappa shape index (κ1) is 62.5. The van der Waals surface area contributed by atoms with Crippen molar-refractivity contribution < 1.29 is 76.3 Å². The zero-order valence-electron chi connectivity index (χ0n) is 44.9. The Morgan fingerprint density at radius 3 is 1.79 bits per heavy atom. The summed E-state index contributed by atoms with van der Waals surface area (Å²) in [7, 11) is 0. The number of aromatic nitrogens is 1. The number of amides is 6. The van der Waals surface area contributed by atoms with Crippen molar-refractivity contribution in [3.63, 3.8) is 0 Å². The zero-order valence-corrected chi connectivity index (χ0v) is 45.7. The van der Waals surface area contributed by atoms with Crippen LogP contribution in [0.2, 0.25) is 0 Å². The van der Waals surface area contributed by atoms with E-state index in [-0.39, 0.29) is 74.6 Å². The van der Waals surface area contributed by atoms with Crippen molar-refractivity contribution >= 4 is 68.7 Å². The molecule has 22 nitrogen and oxygen atoms in total. The van der Waals surface area contributed by atoms with Crippen LogP contribution in [0.25, 0.3) is 10.2 Å². The second-order valence-corrected chi connectivity index (χ2v) is 19.4. The summed E-state index contributed by atoms with van der Waals surface area (Å²) in [6, 6.07) is 11.6. The molecule has 3 N–H and O–H groups in total. The molecule has 2 aromatic heterocycles. The van der Waals surface area contributed by atoms with E-state index in [1.807, 2.05) is 60.2 Å². The summed E-state index contributed by atoms with van der Waals surface area (Å²) in [5, 5.41) is 11.6. The summed E-state index contributed by atoms with van der Waals surface area (Å²) >= 11 is 1.54. The molecule has 77 heavy (non-hydrogen) atoms. The van der Waals surface area contributed by atoms with E-state index in [0.717, 1.165) is 40.7 Å². The molecular formula is C54H80N6O16S. The van der Waals surface area contributed by atoms with E-state index in [0.29, 0.717) is 155 Å². The minimum Gasteiger partial charge on any atom is -0.378 e. The number of thiophene rings is 1. The highest BCUT2D eigenvalue weighted by Crippen LogP contribution is 2.28. The predicted octanol–water partition coefficient (Wildman–Crippen LogP) is 4.28. The van der Waals surface area contributed by atoms with Crippen LogP contribution >= 0.6 is 11.3 Å². The molecule has 6 amide bonds. The number of imide groups is 1. The van der Waals surface area contributed by atoms with E-state index in [1.54, 1.807) is 4.90 Å². The molecule has 0 spiro atoms. The van der Waals surface area contributed by atoms with Gasteiger partial charge in [-0.3, -0.25) is 28.8 Å². The number of nitrogens with one attached hydrogen (secondary N) is 3. The Bertz CT molecular complexity index is 2250. The topological polar surface area (TPSA) is 250 Å². The van der Waals surface area contributed by atoms with Gasteiger partial charge in [0.2, 0.25) is 17.7 Å². The van der Waals surface area contributed by atoms with Crippen LogP contribution in [0.15, 0.2) is 41.8 Å². The summed E-state index contributed by atoms with van der Waals surface area (Å²) in [5.41, 5.74) is 3.23. The lowest BCUT2D eigenvalue weighted by molar-refractivity contribution is -0.198. The van der Waals surface area contributed by atoms with Crippen LogP contribution < -0.4 is 20.9 Å². The number of hydrogen-bond acceptors (Lipinski definition) is 17. The second-order valence-electron chi connectivity index (χ2n) is 18.4. The maximum atomic E-state index is 13.7. The van der Waals surface area contributed by atoms with Gasteiger partial charge < -0.3 is 68.1 Å². The van der Waals surface area contributed by atoms with Gasteiger partial charge in [-0.05, 0) is 87.6 Å². The number of rotatable bonds is 41. The molecular weight excluding hydrogens is 1020 g/mol. The molecule has 0 unspecified atom stereocenters. The van der Waals surface area contributed by atoms with Crippen LogP contribution in [0.3, 0.4) is 0 Å². The molecule has 1 aromatic carbocycles. The third-order valence-corrected chi connectivity index (χ3v) is 13.5. The van der Waals surface area contributed by atoms with Crippen LogP contribution in [0.4, 0.5) is 5.69 Å². The first-order valence-electron chi connectivity index (χ1n) is 27.0. The number of unbranched alkanes of at least 4 members (excludes halogenated alkanes) is 2. The fraction of sp³-hybridized carbons (Fsp3) is 0.648. The first-order valence-corrected chi connectivity index (χ1v) is 27.9. The van der Waals surface area contributed by atoms with Crippen LogP contribution in [0, 0.1) is 12.8 Å². The van der Waals surface area contributed by atoms with E-state index >= 15 is 0 Å². The van der Waals surface area contributed by atoms with Gasteiger partial charge in [0, 0.05) is 56.5 Å². The smallest absolute Gasteiger partial charge is 0.335 e. The van der Waals surface area contributed by atoms with Gasteiger partial charge in [-0.25, -0.2) is 4.79 Å². The van der Waals surface area contributed by atoms with E-state index < -0.39 is 17.8 Å². The average molecular weight is 1100 g/mol. The van der Waals surface area contributed by atoms with Crippen molar-refractivity contribution in [2.45, 2.75) is 97.1 Å². The number of fused-ring (bicyclic) bond motifs is 1. The molecule has 1 saturated carbocycles. The van der Waals surface area contributed by atoms with E-state index in [2.05, 4.69) is 16.0 Å². The molecule has 1 aliphatic carbocycles. The largest absolute Gasteiger partial charge is 0.378 e. The van der Waals surface area contributed by atoms with Crippen molar-refractivity contribution in [2.24, 2.45) is 5.92 Å². The Balaban J connectivity index is 0.736. The van der Waals surface area contributed by atoms with Crippen LogP contribution in [-0.4, -0.2) is 182 Å². The number of ether oxygens (including phenoxy) is 8. The van der Waals surface area contributed by atoms with E-state index in [9.17, 15) is 33.6 Å². The van der Waals surface area contributed by atoms with Gasteiger partial charge in [0.25, 0.3) is 17.7 Å². The highest BCUT2D eigenvalue weighted by molar-refractivity contribution is 7.17. The SMILES string of the molecule is CCN(C(=O)Cn1c(C(=O)N[C@H]2CC[C@H](C(=O)NCCCCCC(=O)NCCOCCOCCOCCOCCOCCOCCOCCOCCC(=O)ON3C(=O)CCC3=O)CC2)cc2sccc21)c1cccc(C)c1. The quantitative estimate of drug-likeness (QED) is 0.0530. The molecule has 0 atom stereocenters. The van der Waals surface area contributed by atoms with Crippen molar-refractivity contribution in [1.82, 2.24) is 25.6 Å². The number of benzene rings is 1. The number of aryl methyl sites for hydroxylation is 1. The molecule has 0 bridgehead atoms. The molecule has 3 heterocycles. The van der Waals surface area contributed by atoms with Gasteiger partial charge in [-0.2, -0.15) is 0 Å². The Morgan fingerprint density at radius 1 is 0.649 bits per heavy atom. The molecule has 0 radical (unpaired) electrons. The molecule has 3 aromatic rings. The molecule has 2 aliphatic rings. The first-order chi connectivity index (χ1) is 37.5. The van der Waals surface area contributed by atoms with Gasteiger partial charge in [0.1, 0.15) is 12.2 Å². The maximum Gasteiger partial charge on any atom is 0.335 e. The monoisotopic (exact) mass is 1100 g/mol. The minimum absolute atomic E-state index is 0.0305. The van der Waals surface area contributed by atoms with Crippen molar-refractivity contribution in [1.29, 1.82) is 0 Å². The third kappa shape index (κ3) is 23.6. The standard InChI is InChI=1S/C54H80N6O16S/c1-3-58(44-9-7-8-41(2)38-44)51(64)40-59-45-18-37-77-47(45)39-46(59)54(67)57-43-13-11-42(12-14-43)53(66)56-19-6-4-5-10-48(61)55-20-22-69-24-26-71-28-30-73-32-34-75-36-35-74-33-31-72-29-27-70-25-23-68-21-17-52(65)76-60-49(62)15-16-50(60)63/h7-9,18,37-39,42-43H,3-6,10-17,19-36,40H2,1-2H3,(H,55,61)(H,56,66)(H,57,67)/t42-,43-. The lowest BCUT2D eigenvalue weighted by Gasteiger charge is -2.28. The lowest BCUT2D eigenvalue weighted by atomic mass is 9.85. The number of carbonyl (C=O) groups is 7. The zero-order chi connectivity index (χ0) is 54.9. The Kier molecular flexibility index (Phi) is 29.8. The number of likely N-dealkylation sites (N-methyl/N-ethyl adjacent to an activating group) is 1. The van der Waals surface area contributed by atoms with Crippen molar-refractivity contribution in [3.8, 4) is 0 Å². The number of hydrogen-bond donors (Lipinski definition) is 3. The molecule has 1 aliphatic heterocycles. The third-order valence-electron chi connectivity index (χ3n) is 12.6. The van der Waals surface area contributed by atoms with Crippen LogP contribution in [0.1, 0.15) is 93.6 Å². The molecule has 2 fully saturated rings. The van der Waals surface area contributed by atoms with Crippen molar-refractivity contribution in [2.75, 3.05) is 130 Å². The predicted molar refractivity (Wildman–Crippen MR) is 285 cm³/mol. The summed E-state index contributed by atoms with van der Waals surface area (Å²) in [5.74, 6) is -2.14. The van der Waals surface area contributed by atoms with Gasteiger partial charge >= 0.3 is 5.97 Å².